The highest BCUT2D eigenvalue weighted by Gasteiger charge is 2.23. The van der Waals surface area contributed by atoms with Crippen LogP contribution in [0, 0.1) is 5.82 Å². The number of aromatic nitrogens is 2. The number of carbonyl (C=O) groups excluding carboxylic acids is 1. The number of halogens is 1. The molecule has 43 heavy (non-hydrogen) atoms. The molecular formula is C33H35FN6O3. The first-order chi connectivity index (χ1) is 21.0. The number of anilines is 4. The first-order valence-electron chi connectivity index (χ1n) is 14.6. The zero-order valence-corrected chi connectivity index (χ0v) is 24.2. The van der Waals surface area contributed by atoms with Gasteiger partial charge < -0.3 is 29.9 Å². The molecule has 2 N–H and O–H groups in total. The lowest BCUT2D eigenvalue weighted by Crippen LogP contribution is -2.41. The van der Waals surface area contributed by atoms with Crippen molar-refractivity contribution in [2.24, 2.45) is 0 Å². The average molecular weight is 583 g/mol. The Labute approximate surface area is 250 Å². The molecule has 0 atom stereocenters. The Balaban J connectivity index is 1.19. The number of benzene rings is 3. The maximum atomic E-state index is 15.3. The van der Waals surface area contributed by atoms with Gasteiger partial charge in [-0.05, 0) is 62.1 Å². The Kier molecular flexibility index (Phi) is 8.26. The molecule has 0 spiro atoms. The van der Waals surface area contributed by atoms with Crippen LogP contribution in [0.15, 0.2) is 73.6 Å². The van der Waals surface area contributed by atoms with Gasteiger partial charge in [0.05, 0.1) is 24.0 Å². The predicted octanol–water partition coefficient (Wildman–Crippen LogP) is 6.50. The lowest BCUT2D eigenvalue weighted by atomic mass is 10.0. The van der Waals surface area contributed by atoms with Gasteiger partial charge >= 0.3 is 0 Å². The third kappa shape index (κ3) is 6.33. The predicted molar refractivity (Wildman–Crippen MR) is 167 cm³/mol. The van der Waals surface area contributed by atoms with Gasteiger partial charge in [0.2, 0.25) is 5.91 Å². The van der Waals surface area contributed by atoms with Crippen molar-refractivity contribution >= 4 is 39.7 Å². The summed E-state index contributed by atoms with van der Waals surface area (Å²) in [4.78, 5) is 24.9. The van der Waals surface area contributed by atoms with Crippen LogP contribution in [0.4, 0.5) is 27.3 Å². The molecule has 3 heterocycles. The third-order valence-electron chi connectivity index (χ3n) is 8.02. The molecule has 0 unspecified atom stereocenters. The molecule has 10 heteroatoms. The number of hydrogen-bond donors (Lipinski definition) is 2. The van der Waals surface area contributed by atoms with Crippen molar-refractivity contribution < 1.29 is 18.7 Å². The quantitative estimate of drug-likeness (QED) is 0.216. The highest BCUT2D eigenvalue weighted by atomic mass is 19.1. The topological polar surface area (TPSA) is 91.9 Å². The van der Waals surface area contributed by atoms with E-state index in [2.05, 4.69) is 38.1 Å². The van der Waals surface area contributed by atoms with Crippen LogP contribution in [0.3, 0.4) is 0 Å². The molecule has 0 aliphatic carbocycles. The Bertz CT molecular complexity index is 1630. The zero-order chi connectivity index (χ0) is 29.8. The molecule has 9 nitrogen and oxygen atoms in total. The van der Waals surface area contributed by atoms with Crippen molar-refractivity contribution in [2.45, 2.75) is 31.7 Å². The summed E-state index contributed by atoms with van der Waals surface area (Å²) in [7, 11) is 1.61. The second kappa shape index (κ2) is 12.6. The Morgan fingerprint density at radius 1 is 1.00 bits per heavy atom. The van der Waals surface area contributed by atoms with Gasteiger partial charge in [0.15, 0.2) is 0 Å². The fraction of sp³-hybridized carbons (Fsp3) is 0.303. The van der Waals surface area contributed by atoms with Crippen molar-refractivity contribution in [3.05, 3.63) is 79.4 Å². The maximum absolute atomic E-state index is 15.3. The summed E-state index contributed by atoms with van der Waals surface area (Å²) in [6, 6.07) is 16.6. The molecule has 4 aromatic rings. The maximum Gasteiger partial charge on any atom is 0.245 e. The van der Waals surface area contributed by atoms with E-state index in [0.29, 0.717) is 47.1 Å². The lowest BCUT2D eigenvalue weighted by Gasteiger charge is -2.32. The van der Waals surface area contributed by atoms with Gasteiger partial charge in [0.1, 0.15) is 35.2 Å². The molecule has 0 saturated carbocycles. The number of piperidine rings is 1. The first-order valence-corrected chi connectivity index (χ1v) is 14.6. The van der Waals surface area contributed by atoms with Gasteiger partial charge in [-0.15, -0.1) is 0 Å². The van der Waals surface area contributed by atoms with E-state index in [0.717, 1.165) is 37.3 Å². The van der Waals surface area contributed by atoms with Crippen molar-refractivity contribution in [1.82, 2.24) is 14.9 Å². The summed E-state index contributed by atoms with van der Waals surface area (Å²) in [5.74, 6) is 1.67. The molecule has 1 aromatic heterocycles. The molecule has 2 fully saturated rings. The van der Waals surface area contributed by atoms with Crippen LogP contribution in [0.25, 0.3) is 10.9 Å². The monoisotopic (exact) mass is 582 g/mol. The number of amides is 1. The van der Waals surface area contributed by atoms with Gasteiger partial charge in [0.25, 0.3) is 0 Å². The number of carbonyl (C=O) groups is 1. The molecule has 0 radical (unpaired) electrons. The fourth-order valence-corrected chi connectivity index (χ4v) is 5.70. The van der Waals surface area contributed by atoms with Crippen LogP contribution >= 0.6 is 0 Å². The van der Waals surface area contributed by atoms with Gasteiger partial charge in [-0.3, -0.25) is 4.79 Å². The highest BCUT2D eigenvalue weighted by Crippen LogP contribution is 2.35. The second-order valence-corrected chi connectivity index (χ2v) is 10.8. The number of fused-ring (bicyclic) bond motifs is 1. The number of methoxy groups -OCH3 is 1. The molecular weight excluding hydrogens is 547 g/mol. The number of nitrogens with one attached hydrogen (secondary N) is 2. The van der Waals surface area contributed by atoms with Crippen LogP contribution in [-0.4, -0.2) is 60.1 Å². The number of ether oxygens (including phenoxy) is 2. The summed E-state index contributed by atoms with van der Waals surface area (Å²) in [5.41, 5.74) is 2.82. The summed E-state index contributed by atoms with van der Waals surface area (Å²) in [5, 5.41) is 7.41. The summed E-state index contributed by atoms with van der Waals surface area (Å²) in [6.07, 6.45) is 6.75. The molecule has 0 bridgehead atoms. The van der Waals surface area contributed by atoms with E-state index in [9.17, 15) is 4.79 Å². The summed E-state index contributed by atoms with van der Waals surface area (Å²) < 4.78 is 27.0. The van der Waals surface area contributed by atoms with Crippen LogP contribution < -0.4 is 25.0 Å². The van der Waals surface area contributed by atoms with E-state index in [1.165, 1.54) is 31.3 Å². The largest absolute Gasteiger partial charge is 0.495 e. The van der Waals surface area contributed by atoms with E-state index >= 15 is 4.39 Å². The van der Waals surface area contributed by atoms with E-state index < -0.39 is 5.82 Å². The van der Waals surface area contributed by atoms with Gasteiger partial charge in [-0.2, -0.15) is 0 Å². The van der Waals surface area contributed by atoms with Crippen LogP contribution in [0.2, 0.25) is 0 Å². The van der Waals surface area contributed by atoms with Gasteiger partial charge in [0, 0.05) is 61.5 Å². The summed E-state index contributed by atoms with van der Waals surface area (Å²) in [6.45, 7) is 6.96. The van der Waals surface area contributed by atoms with Gasteiger partial charge in [-0.25, -0.2) is 14.4 Å². The van der Waals surface area contributed by atoms with E-state index in [-0.39, 0.29) is 17.6 Å². The Morgan fingerprint density at radius 2 is 1.79 bits per heavy atom. The van der Waals surface area contributed by atoms with Crippen molar-refractivity contribution in [1.29, 1.82) is 0 Å². The van der Waals surface area contributed by atoms with Crippen molar-refractivity contribution in [3.8, 4) is 17.2 Å². The number of rotatable bonds is 9. The molecule has 2 saturated heterocycles. The SMILES string of the molecule is C=CC(=O)N1CCC(Nc2cc3c(Nc4ccc(Oc5cccc(N6CCCC6)c5)cc4F)ncnc3cc2OC)CC1. The second-order valence-electron chi connectivity index (χ2n) is 10.8. The van der Waals surface area contributed by atoms with E-state index in [1.54, 1.807) is 24.1 Å². The van der Waals surface area contributed by atoms with Crippen molar-refractivity contribution in [2.75, 3.05) is 48.8 Å². The fourth-order valence-electron chi connectivity index (χ4n) is 5.70. The smallest absolute Gasteiger partial charge is 0.245 e. The molecule has 6 rings (SSSR count). The minimum Gasteiger partial charge on any atom is -0.495 e. The molecule has 2 aliphatic rings. The number of hydrogen-bond acceptors (Lipinski definition) is 8. The molecule has 2 aliphatic heterocycles. The Morgan fingerprint density at radius 3 is 2.53 bits per heavy atom. The minimum absolute atomic E-state index is 0.0480. The minimum atomic E-state index is -0.465. The van der Waals surface area contributed by atoms with E-state index in [4.69, 9.17) is 9.47 Å². The van der Waals surface area contributed by atoms with E-state index in [1.807, 2.05) is 30.3 Å². The van der Waals surface area contributed by atoms with Crippen LogP contribution in [0.1, 0.15) is 25.7 Å². The van der Waals surface area contributed by atoms with Gasteiger partial charge in [-0.1, -0.05) is 12.6 Å². The first kappa shape index (κ1) is 28.3. The number of likely N-dealkylation sites (tertiary alicyclic amines) is 1. The molecule has 3 aromatic carbocycles. The lowest BCUT2D eigenvalue weighted by molar-refractivity contribution is -0.126. The molecule has 222 valence electrons. The number of nitrogens with zero attached hydrogens (tertiary/aromatic N) is 4. The Hall–Kier alpha value is -4.86. The van der Waals surface area contributed by atoms with Crippen LogP contribution in [0.5, 0.6) is 17.2 Å². The third-order valence-corrected chi connectivity index (χ3v) is 8.02. The van der Waals surface area contributed by atoms with Crippen LogP contribution in [-0.2, 0) is 4.79 Å². The zero-order valence-electron chi connectivity index (χ0n) is 24.2. The summed E-state index contributed by atoms with van der Waals surface area (Å²) >= 11 is 0. The standard InChI is InChI=1S/C33H35FN6O3/c1-3-32(41)40-15-11-22(12-16-40)37-30-19-26-29(20-31(30)42-2)35-21-36-33(26)38-28-10-9-25(18-27(28)34)43-24-8-6-7-23(17-24)39-13-4-5-14-39/h3,6-10,17-22,37H,1,4-5,11-16H2,2H3,(H,35,36,38). The molecule has 1 amide bonds. The normalized spacial score (nSPS) is 15.4. The van der Waals surface area contributed by atoms with Crippen molar-refractivity contribution in [3.63, 3.8) is 0 Å². The highest BCUT2D eigenvalue weighted by molar-refractivity contribution is 5.95. The average Bonchev–Trinajstić information content (AvgIpc) is 3.58.